The summed E-state index contributed by atoms with van der Waals surface area (Å²) in [4.78, 5) is 10.7. The highest BCUT2D eigenvalue weighted by Gasteiger charge is 2.56. The zero-order valence-corrected chi connectivity index (χ0v) is 19.0. The van der Waals surface area contributed by atoms with Crippen molar-refractivity contribution in [2.45, 2.75) is 37.1 Å². The van der Waals surface area contributed by atoms with Gasteiger partial charge in [-0.25, -0.2) is 4.99 Å². The molecule has 0 fully saturated rings. The third kappa shape index (κ3) is 3.58. The van der Waals surface area contributed by atoms with E-state index in [0.717, 1.165) is 28.0 Å². The quantitative estimate of drug-likeness (QED) is 0.641. The van der Waals surface area contributed by atoms with Crippen LogP contribution in [0.15, 0.2) is 72.0 Å². The first-order valence-electron chi connectivity index (χ1n) is 11.0. The van der Waals surface area contributed by atoms with Crippen LogP contribution >= 0.6 is 0 Å². The van der Waals surface area contributed by atoms with Crippen LogP contribution in [-0.4, -0.2) is 46.9 Å². The van der Waals surface area contributed by atoms with Crippen molar-refractivity contribution in [3.63, 3.8) is 0 Å². The number of rotatable bonds is 4. The van der Waals surface area contributed by atoms with Crippen LogP contribution in [0.2, 0.25) is 0 Å². The molecule has 1 spiro atoms. The van der Waals surface area contributed by atoms with Gasteiger partial charge in [-0.3, -0.25) is 4.98 Å². The number of aliphatic hydroxyl groups is 1. The molecule has 5 rings (SSSR count). The monoisotopic (exact) mass is 444 g/mol. The van der Waals surface area contributed by atoms with Gasteiger partial charge in [-0.1, -0.05) is 24.3 Å². The van der Waals surface area contributed by atoms with Crippen molar-refractivity contribution in [2.75, 3.05) is 14.2 Å². The molecular formula is C26H28N4O3. The maximum atomic E-state index is 11.4. The molecule has 2 aliphatic rings. The summed E-state index contributed by atoms with van der Waals surface area (Å²) in [6.45, 7) is 2.06. The molecule has 1 aromatic heterocycles. The normalized spacial score (nSPS) is 26.0. The number of guanidine groups is 1. The molecule has 2 aromatic carbocycles. The van der Waals surface area contributed by atoms with Gasteiger partial charge in [-0.15, -0.1) is 0 Å². The number of aliphatic imine (C=N–C) groups is 1. The number of hydrogen-bond donors (Lipinski definition) is 2. The summed E-state index contributed by atoms with van der Waals surface area (Å²) in [6.07, 6.45) is 3.75. The van der Waals surface area contributed by atoms with Crippen molar-refractivity contribution >= 4 is 5.96 Å². The minimum atomic E-state index is -0.946. The standard InChI is InChI=1S/C26H28N4O3/c1-25(14-17-6-4-8-20(12-17)32-3)16-26(23(31)30(2)24(27)29-26)21-13-18(9-10-22(21)33-25)19-7-5-11-28-15-19/h4-13,15,23,31H,14,16H2,1-3H3,(H2,27,29). The molecule has 0 radical (unpaired) electrons. The molecule has 0 amide bonds. The Kier molecular flexibility index (Phi) is 5.01. The fraction of sp³-hybridized carbons (Fsp3) is 0.308. The smallest absolute Gasteiger partial charge is 0.194 e. The van der Waals surface area contributed by atoms with Crippen LogP contribution in [0.25, 0.3) is 11.1 Å². The molecule has 0 saturated heterocycles. The van der Waals surface area contributed by atoms with E-state index in [9.17, 15) is 5.11 Å². The third-order valence-electron chi connectivity index (χ3n) is 6.62. The highest BCUT2D eigenvalue weighted by Crippen LogP contribution is 2.52. The summed E-state index contributed by atoms with van der Waals surface area (Å²) in [7, 11) is 3.42. The Hall–Kier alpha value is -3.58. The highest BCUT2D eigenvalue weighted by molar-refractivity contribution is 5.82. The van der Waals surface area contributed by atoms with Crippen LogP contribution in [0.3, 0.4) is 0 Å². The average Bonchev–Trinajstić information content (AvgIpc) is 3.03. The Morgan fingerprint density at radius 3 is 2.73 bits per heavy atom. The molecule has 7 nitrogen and oxygen atoms in total. The van der Waals surface area contributed by atoms with E-state index < -0.39 is 17.4 Å². The van der Waals surface area contributed by atoms with E-state index in [4.69, 9.17) is 20.2 Å². The number of benzene rings is 2. The van der Waals surface area contributed by atoms with Crippen LogP contribution < -0.4 is 15.2 Å². The lowest BCUT2D eigenvalue weighted by molar-refractivity contribution is -0.0479. The fourth-order valence-corrected chi connectivity index (χ4v) is 5.07. The van der Waals surface area contributed by atoms with Gasteiger partial charge < -0.3 is 25.2 Å². The third-order valence-corrected chi connectivity index (χ3v) is 6.62. The SMILES string of the molecule is COc1cccc(CC2(C)CC3(N=C(N)N(C)C3O)c3cc(-c4cccnc4)ccc3O2)c1. The fourth-order valence-electron chi connectivity index (χ4n) is 5.07. The molecule has 7 heteroatoms. The van der Waals surface area contributed by atoms with Crippen molar-refractivity contribution < 1.29 is 14.6 Å². The Morgan fingerprint density at radius 1 is 1.18 bits per heavy atom. The van der Waals surface area contributed by atoms with E-state index in [1.54, 1.807) is 25.3 Å². The number of nitrogens with two attached hydrogens (primary N) is 1. The second-order valence-corrected chi connectivity index (χ2v) is 9.09. The first-order chi connectivity index (χ1) is 15.8. The molecule has 170 valence electrons. The molecule has 3 unspecified atom stereocenters. The maximum absolute atomic E-state index is 11.4. The van der Waals surface area contributed by atoms with Crippen LogP contribution in [-0.2, 0) is 12.0 Å². The van der Waals surface area contributed by atoms with Gasteiger partial charge in [0.15, 0.2) is 12.2 Å². The summed E-state index contributed by atoms with van der Waals surface area (Å²) >= 11 is 0. The van der Waals surface area contributed by atoms with Gasteiger partial charge in [-0.2, -0.15) is 0 Å². The second kappa shape index (κ2) is 7.78. The predicted octanol–water partition coefficient (Wildman–Crippen LogP) is 3.31. The molecule has 3 atom stereocenters. The van der Waals surface area contributed by atoms with E-state index in [2.05, 4.69) is 18.0 Å². The minimum Gasteiger partial charge on any atom is -0.497 e. The number of methoxy groups -OCH3 is 1. The van der Waals surface area contributed by atoms with Crippen LogP contribution in [0, 0.1) is 0 Å². The summed E-state index contributed by atoms with van der Waals surface area (Å²) < 4.78 is 12.0. The van der Waals surface area contributed by atoms with E-state index >= 15 is 0 Å². The minimum absolute atomic E-state index is 0.311. The highest BCUT2D eigenvalue weighted by atomic mass is 16.5. The van der Waals surface area contributed by atoms with Gasteiger partial charge in [-0.05, 0) is 48.4 Å². The lowest BCUT2D eigenvalue weighted by Crippen LogP contribution is -2.53. The number of hydrogen-bond acceptors (Lipinski definition) is 7. The van der Waals surface area contributed by atoms with Crippen molar-refractivity contribution in [3.8, 4) is 22.6 Å². The van der Waals surface area contributed by atoms with E-state index in [-0.39, 0.29) is 0 Å². The Balaban J connectivity index is 1.61. The summed E-state index contributed by atoms with van der Waals surface area (Å²) in [5.74, 6) is 1.81. The van der Waals surface area contributed by atoms with Crippen LogP contribution in [0.5, 0.6) is 11.5 Å². The zero-order valence-electron chi connectivity index (χ0n) is 19.0. The number of ether oxygens (including phenoxy) is 2. The van der Waals surface area contributed by atoms with Crippen molar-refractivity contribution in [1.82, 2.24) is 9.88 Å². The summed E-state index contributed by atoms with van der Waals surface area (Å²) in [5, 5.41) is 11.4. The molecule has 0 aliphatic carbocycles. The van der Waals surface area contributed by atoms with Crippen LogP contribution in [0.1, 0.15) is 24.5 Å². The molecule has 3 aromatic rings. The molecular weight excluding hydrogens is 416 g/mol. The molecule has 0 bridgehead atoms. The summed E-state index contributed by atoms with van der Waals surface area (Å²) in [6, 6.07) is 17.9. The van der Waals surface area contributed by atoms with Crippen molar-refractivity contribution in [3.05, 3.63) is 78.1 Å². The topological polar surface area (TPSA) is 93.2 Å². The largest absolute Gasteiger partial charge is 0.497 e. The van der Waals surface area contributed by atoms with Gasteiger partial charge in [0.1, 0.15) is 22.6 Å². The molecule has 0 saturated carbocycles. The first-order valence-corrected chi connectivity index (χ1v) is 11.0. The van der Waals surface area contributed by atoms with Crippen molar-refractivity contribution in [2.24, 2.45) is 10.7 Å². The van der Waals surface area contributed by atoms with E-state index in [0.29, 0.717) is 24.6 Å². The van der Waals surface area contributed by atoms with E-state index in [1.807, 2.05) is 54.7 Å². The lowest BCUT2D eigenvalue weighted by atomic mass is 9.74. The number of fused-ring (bicyclic) bond motifs is 2. The number of aliphatic hydroxyl groups excluding tert-OH is 1. The summed E-state index contributed by atoms with van der Waals surface area (Å²) in [5.41, 5.74) is 8.52. The van der Waals surface area contributed by atoms with Gasteiger partial charge in [0, 0.05) is 43.4 Å². The lowest BCUT2D eigenvalue weighted by Gasteiger charge is -2.46. The molecule has 3 heterocycles. The number of pyridine rings is 1. The van der Waals surface area contributed by atoms with Gasteiger partial charge in [0.05, 0.1) is 7.11 Å². The Labute approximate surface area is 193 Å². The average molecular weight is 445 g/mol. The zero-order chi connectivity index (χ0) is 23.2. The first kappa shape index (κ1) is 21.3. The van der Waals surface area contributed by atoms with Crippen molar-refractivity contribution in [1.29, 1.82) is 0 Å². The predicted molar refractivity (Wildman–Crippen MR) is 127 cm³/mol. The Bertz CT molecular complexity index is 1220. The Morgan fingerprint density at radius 2 is 2.03 bits per heavy atom. The molecule has 3 N–H and O–H groups in total. The maximum Gasteiger partial charge on any atom is 0.194 e. The molecule has 33 heavy (non-hydrogen) atoms. The van der Waals surface area contributed by atoms with Gasteiger partial charge >= 0.3 is 0 Å². The number of aromatic nitrogens is 1. The van der Waals surface area contributed by atoms with Gasteiger partial charge in [0.25, 0.3) is 0 Å². The van der Waals surface area contributed by atoms with Crippen LogP contribution in [0.4, 0.5) is 0 Å². The molecule has 2 aliphatic heterocycles. The van der Waals surface area contributed by atoms with Gasteiger partial charge in [0.2, 0.25) is 0 Å². The number of nitrogens with zero attached hydrogens (tertiary/aromatic N) is 3. The van der Waals surface area contributed by atoms with E-state index in [1.165, 1.54) is 0 Å². The number of likely N-dealkylation sites (N-methyl/N-ethyl adjacent to an activating group) is 1. The second-order valence-electron chi connectivity index (χ2n) is 9.09.